The van der Waals surface area contributed by atoms with Crippen LogP contribution in [-0.2, 0) is 14.9 Å². The van der Waals surface area contributed by atoms with Gasteiger partial charge in [0.05, 0.1) is 17.2 Å². The SMILES string of the molecule is Cc1nc(C2(c3ccccc3)CCN(C(=O)CN3CCOC3=O)CC2)cs1. The lowest BCUT2D eigenvalue weighted by Crippen LogP contribution is -2.49. The molecule has 2 amide bonds. The van der Waals surface area contributed by atoms with Gasteiger partial charge >= 0.3 is 6.09 Å². The van der Waals surface area contributed by atoms with Crippen LogP contribution in [0.4, 0.5) is 4.79 Å². The second kappa shape index (κ2) is 7.31. The maximum absolute atomic E-state index is 12.7. The standard InChI is InChI=1S/C20H23N3O3S/c1-15-21-17(14-27-15)20(16-5-3-2-4-6-16)7-9-22(10-8-20)18(24)13-23-11-12-26-19(23)25/h2-6,14H,7-13H2,1H3. The van der Waals surface area contributed by atoms with Crippen LogP contribution in [0.3, 0.4) is 0 Å². The van der Waals surface area contributed by atoms with Gasteiger partial charge in [-0.25, -0.2) is 9.78 Å². The van der Waals surface area contributed by atoms with E-state index in [-0.39, 0.29) is 17.9 Å². The highest BCUT2D eigenvalue weighted by molar-refractivity contribution is 7.09. The smallest absolute Gasteiger partial charge is 0.410 e. The minimum absolute atomic E-state index is 0.00929. The number of cyclic esters (lactones) is 1. The van der Waals surface area contributed by atoms with Gasteiger partial charge in [0.2, 0.25) is 5.91 Å². The highest BCUT2D eigenvalue weighted by atomic mass is 32.1. The third-order valence-electron chi connectivity index (χ3n) is 5.58. The Hall–Kier alpha value is -2.41. The zero-order valence-electron chi connectivity index (χ0n) is 15.4. The molecule has 0 aliphatic carbocycles. The van der Waals surface area contributed by atoms with E-state index in [1.165, 1.54) is 10.5 Å². The average Bonchev–Trinajstić information content (AvgIpc) is 3.31. The fraction of sp³-hybridized carbons (Fsp3) is 0.450. The lowest BCUT2D eigenvalue weighted by Gasteiger charge is -2.41. The summed E-state index contributed by atoms with van der Waals surface area (Å²) >= 11 is 1.67. The van der Waals surface area contributed by atoms with Gasteiger partial charge in [-0.2, -0.15) is 0 Å². The van der Waals surface area contributed by atoms with Crippen molar-refractivity contribution in [1.82, 2.24) is 14.8 Å². The van der Waals surface area contributed by atoms with Crippen molar-refractivity contribution in [3.05, 3.63) is 52.0 Å². The summed E-state index contributed by atoms with van der Waals surface area (Å²) in [4.78, 5) is 32.4. The monoisotopic (exact) mass is 385 g/mol. The molecule has 1 aromatic heterocycles. The Bertz CT molecular complexity index is 828. The van der Waals surface area contributed by atoms with Gasteiger partial charge in [0.15, 0.2) is 0 Å². The molecule has 1 aromatic carbocycles. The molecule has 4 rings (SSSR count). The highest BCUT2D eigenvalue weighted by Crippen LogP contribution is 2.41. The lowest BCUT2D eigenvalue weighted by atomic mass is 9.70. The molecule has 2 aromatic rings. The number of piperidine rings is 1. The van der Waals surface area contributed by atoms with E-state index in [2.05, 4.69) is 29.6 Å². The molecule has 142 valence electrons. The number of carbonyl (C=O) groups excluding carboxylic acids is 2. The van der Waals surface area contributed by atoms with Crippen LogP contribution in [0.5, 0.6) is 0 Å². The second-order valence-electron chi connectivity index (χ2n) is 7.12. The lowest BCUT2D eigenvalue weighted by molar-refractivity contribution is -0.133. The number of aromatic nitrogens is 1. The summed E-state index contributed by atoms with van der Waals surface area (Å²) in [6.07, 6.45) is 1.27. The molecule has 0 atom stereocenters. The summed E-state index contributed by atoms with van der Waals surface area (Å²) < 4.78 is 4.91. The van der Waals surface area contributed by atoms with Crippen LogP contribution in [0.25, 0.3) is 0 Å². The maximum atomic E-state index is 12.7. The largest absolute Gasteiger partial charge is 0.448 e. The molecule has 0 spiro atoms. The third kappa shape index (κ3) is 3.43. The van der Waals surface area contributed by atoms with Crippen LogP contribution in [0.1, 0.15) is 29.1 Å². The van der Waals surface area contributed by atoms with Crippen molar-refractivity contribution >= 4 is 23.3 Å². The first-order valence-electron chi connectivity index (χ1n) is 9.26. The van der Waals surface area contributed by atoms with Gasteiger partial charge < -0.3 is 9.64 Å². The molecule has 2 saturated heterocycles. The van der Waals surface area contributed by atoms with Gasteiger partial charge in [-0.15, -0.1) is 11.3 Å². The molecule has 0 bridgehead atoms. The average molecular weight is 385 g/mol. The van der Waals surface area contributed by atoms with Crippen molar-refractivity contribution in [2.45, 2.75) is 25.2 Å². The van der Waals surface area contributed by atoms with E-state index in [4.69, 9.17) is 9.72 Å². The van der Waals surface area contributed by atoms with Gasteiger partial charge in [-0.1, -0.05) is 30.3 Å². The van der Waals surface area contributed by atoms with Crippen LogP contribution in [0, 0.1) is 6.92 Å². The van der Waals surface area contributed by atoms with Gasteiger partial charge in [-0.3, -0.25) is 9.69 Å². The van der Waals surface area contributed by atoms with Crippen molar-refractivity contribution in [3.8, 4) is 0 Å². The summed E-state index contributed by atoms with van der Waals surface area (Å²) in [6.45, 7) is 4.31. The molecule has 2 fully saturated rings. The first kappa shape index (κ1) is 18.0. The highest BCUT2D eigenvalue weighted by Gasteiger charge is 2.41. The van der Waals surface area contributed by atoms with Crippen LogP contribution in [0.2, 0.25) is 0 Å². The molecule has 0 N–H and O–H groups in total. The number of ether oxygens (including phenoxy) is 1. The van der Waals surface area contributed by atoms with Gasteiger partial charge in [-0.05, 0) is 25.3 Å². The number of aryl methyl sites for hydroxylation is 1. The number of likely N-dealkylation sites (tertiary alicyclic amines) is 1. The molecular weight excluding hydrogens is 362 g/mol. The maximum Gasteiger partial charge on any atom is 0.410 e. The number of hydrogen-bond acceptors (Lipinski definition) is 5. The van der Waals surface area contributed by atoms with Crippen molar-refractivity contribution < 1.29 is 14.3 Å². The number of nitrogens with zero attached hydrogens (tertiary/aromatic N) is 3. The number of carbonyl (C=O) groups is 2. The van der Waals surface area contributed by atoms with Crippen molar-refractivity contribution in [3.63, 3.8) is 0 Å². The Labute approximate surface area is 162 Å². The third-order valence-corrected chi connectivity index (χ3v) is 6.35. The number of hydrogen-bond donors (Lipinski definition) is 0. The molecule has 3 heterocycles. The van der Waals surface area contributed by atoms with Crippen LogP contribution < -0.4 is 0 Å². The van der Waals surface area contributed by atoms with E-state index in [0.29, 0.717) is 26.2 Å². The summed E-state index contributed by atoms with van der Waals surface area (Å²) in [7, 11) is 0. The fourth-order valence-electron chi connectivity index (χ4n) is 4.00. The van der Waals surface area contributed by atoms with Gasteiger partial charge in [0, 0.05) is 23.9 Å². The fourth-order valence-corrected chi connectivity index (χ4v) is 4.72. The molecule has 6 nitrogen and oxygen atoms in total. The Morgan fingerprint density at radius 2 is 1.96 bits per heavy atom. The Kier molecular flexibility index (Phi) is 4.86. The molecule has 0 radical (unpaired) electrons. The Morgan fingerprint density at radius 1 is 1.22 bits per heavy atom. The Balaban J connectivity index is 1.51. The van der Waals surface area contributed by atoms with E-state index in [0.717, 1.165) is 23.5 Å². The quantitative estimate of drug-likeness (QED) is 0.812. The number of amides is 2. The first-order chi connectivity index (χ1) is 13.1. The molecule has 2 aliphatic rings. The van der Waals surface area contributed by atoms with E-state index < -0.39 is 6.09 Å². The van der Waals surface area contributed by atoms with E-state index in [1.807, 2.05) is 17.9 Å². The first-order valence-corrected chi connectivity index (χ1v) is 10.1. The predicted molar refractivity (Wildman–Crippen MR) is 103 cm³/mol. The van der Waals surface area contributed by atoms with Crippen molar-refractivity contribution in [2.75, 3.05) is 32.8 Å². The summed E-state index contributed by atoms with van der Waals surface area (Å²) in [5.74, 6) is -0.00929. The minimum Gasteiger partial charge on any atom is -0.448 e. The van der Waals surface area contributed by atoms with E-state index in [1.54, 1.807) is 11.3 Å². The molecule has 2 aliphatic heterocycles. The van der Waals surface area contributed by atoms with Crippen LogP contribution in [-0.4, -0.2) is 59.6 Å². The Morgan fingerprint density at radius 3 is 2.56 bits per heavy atom. The normalized spacial score (nSPS) is 19.2. The minimum atomic E-state index is -0.392. The van der Waals surface area contributed by atoms with Crippen molar-refractivity contribution in [1.29, 1.82) is 0 Å². The van der Waals surface area contributed by atoms with E-state index in [9.17, 15) is 9.59 Å². The van der Waals surface area contributed by atoms with E-state index >= 15 is 0 Å². The molecule has 7 heteroatoms. The van der Waals surface area contributed by atoms with Crippen LogP contribution >= 0.6 is 11.3 Å². The topological polar surface area (TPSA) is 62.7 Å². The molecule has 0 saturated carbocycles. The molecule has 0 unspecified atom stereocenters. The summed E-state index contributed by atoms with van der Waals surface area (Å²) in [6, 6.07) is 10.5. The number of rotatable bonds is 4. The number of thiazole rings is 1. The summed E-state index contributed by atoms with van der Waals surface area (Å²) in [5.41, 5.74) is 2.20. The number of benzene rings is 1. The predicted octanol–water partition coefficient (Wildman–Crippen LogP) is 2.81. The molecular formula is C20H23N3O3S. The zero-order chi connectivity index (χ0) is 18.9. The summed E-state index contributed by atoms with van der Waals surface area (Å²) in [5, 5.41) is 3.21. The van der Waals surface area contributed by atoms with Gasteiger partial charge in [0.1, 0.15) is 13.2 Å². The van der Waals surface area contributed by atoms with Crippen LogP contribution in [0.15, 0.2) is 35.7 Å². The zero-order valence-corrected chi connectivity index (χ0v) is 16.2. The second-order valence-corrected chi connectivity index (χ2v) is 8.18. The molecule has 27 heavy (non-hydrogen) atoms. The van der Waals surface area contributed by atoms with Gasteiger partial charge in [0.25, 0.3) is 0 Å². The van der Waals surface area contributed by atoms with Crippen molar-refractivity contribution in [2.24, 2.45) is 0 Å².